The van der Waals surface area contributed by atoms with Gasteiger partial charge in [-0.3, -0.25) is 4.68 Å². The number of hydrogen-bond donors (Lipinski definition) is 1. The second-order valence-electron chi connectivity index (χ2n) is 7.57. The Bertz CT molecular complexity index is 1170. The Balaban J connectivity index is 1.40. The maximum Gasteiger partial charge on any atom is 0.419 e. The van der Waals surface area contributed by atoms with Gasteiger partial charge >= 0.3 is 12.2 Å². The SMILES string of the molecule is O=C(Nc1ccc(F)c(C(F)(F)F)c1)N1CCn2nc3c(c2C1)-c1oncc1CCC3. The minimum absolute atomic E-state index is 0.130. The first-order valence-corrected chi connectivity index (χ1v) is 9.76. The monoisotopic (exact) mass is 435 g/mol. The molecule has 0 saturated carbocycles. The highest BCUT2D eigenvalue weighted by atomic mass is 19.4. The molecule has 1 aromatic carbocycles. The van der Waals surface area contributed by atoms with Crippen LogP contribution in [0, 0.1) is 5.82 Å². The van der Waals surface area contributed by atoms with Crippen LogP contribution in [0.25, 0.3) is 11.3 Å². The van der Waals surface area contributed by atoms with Crippen molar-refractivity contribution in [3.8, 4) is 11.3 Å². The molecule has 1 aliphatic heterocycles. The topological polar surface area (TPSA) is 76.2 Å². The van der Waals surface area contributed by atoms with Crippen LogP contribution in [0.3, 0.4) is 0 Å². The highest BCUT2D eigenvalue weighted by Crippen LogP contribution is 2.37. The summed E-state index contributed by atoms with van der Waals surface area (Å²) in [6.45, 7) is 0.980. The van der Waals surface area contributed by atoms with Gasteiger partial charge in [0.25, 0.3) is 0 Å². The lowest BCUT2D eigenvalue weighted by Gasteiger charge is -2.28. The normalized spacial score (nSPS) is 15.7. The third-order valence-corrected chi connectivity index (χ3v) is 5.59. The number of carbonyl (C=O) groups excluding carboxylic acids is 1. The van der Waals surface area contributed by atoms with Crippen molar-refractivity contribution in [1.29, 1.82) is 0 Å². The molecule has 5 rings (SSSR count). The fourth-order valence-corrected chi connectivity index (χ4v) is 4.10. The summed E-state index contributed by atoms with van der Waals surface area (Å²) in [5.74, 6) is -0.734. The van der Waals surface area contributed by atoms with Gasteiger partial charge in [-0.05, 0) is 37.5 Å². The molecule has 1 N–H and O–H groups in total. The van der Waals surface area contributed by atoms with Crippen molar-refractivity contribution in [2.24, 2.45) is 0 Å². The zero-order valence-electron chi connectivity index (χ0n) is 16.2. The lowest BCUT2D eigenvalue weighted by molar-refractivity contribution is -0.139. The van der Waals surface area contributed by atoms with Crippen LogP contribution < -0.4 is 5.32 Å². The Morgan fingerprint density at radius 2 is 2.03 bits per heavy atom. The van der Waals surface area contributed by atoms with E-state index in [-0.39, 0.29) is 12.2 Å². The molecule has 0 unspecified atom stereocenters. The van der Waals surface area contributed by atoms with Crippen molar-refractivity contribution in [2.75, 3.05) is 11.9 Å². The van der Waals surface area contributed by atoms with Crippen molar-refractivity contribution in [1.82, 2.24) is 19.8 Å². The van der Waals surface area contributed by atoms with Gasteiger partial charge < -0.3 is 14.7 Å². The highest BCUT2D eigenvalue weighted by Gasteiger charge is 2.35. The fraction of sp³-hybridized carbons (Fsp3) is 0.350. The molecule has 2 aliphatic rings. The van der Waals surface area contributed by atoms with Gasteiger partial charge in [-0.25, -0.2) is 9.18 Å². The Hall–Kier alpha value is -3.37. The largest absolute Gasteiger partial charge is 0.419 e. The van der Waals surface area contributed by atoms with Crippen LogP contribution in [0.1, 0.15) is 28.9 Å². The van der Waals surface area contributed by atoms with Crippen molar-refractivity contribution in [3.63, 3.8) is 0 Å². The summed E-state index contributed by atoms with van der Waals surface area (Å²) in [6.07, 6.45) is -0.649. The van der Waals surface area contributed by atoms with Gasteiger partial charge in [-0.1, -0.05) is 5.16 Å². The summed E-state index contributed by atoms with van der Waals surface area (Å²) in [4.78, 5) is 14.2. The molecule has 0 bridgehead atoms. The molecule has 162 valence electrons. The van der Waals surface area contributed by atoms with Gasteiger partial charge in [0.2, 0.25) is 0 Å². The first-order valence-electron chi connectivity index (χ1n) is 9.76. The number of urea groups is 1. The first-order chi connectivity index (χ1) is 14.8. The molecule has 2 amide bonds. The summed E-state index contributed by atoms with van der Waals surface area (Å²) in [7, 11) is 0. The average molecular weight is 435 g/mol. The molecule has 0 radical (unpaired) electrons. The van der Waals surface area contributed by atoms with Crippen molar-refractivity contribution in [3.05, 3.63) is 52.7 Å². The Labute approximate surface area is 173 Å². The minimum Gasteiger partial charge on any atom is -0.356 e. The van der Waals surface area contributed by atoms with Gasteiger partial charge in [0, 0.05) is 17.8 Å². The Morgan fingerprint density at radius 1 is 1.19 bits per heavy atom. The zero-order chi connectivity index (χ0) is 21.8. The number of carbonyl (C=O) groups is 1. The number of alkyl halides is 3. The molecule has 7 nitrogen and oxygen atoms in total. The molecule has 1 aliphatic carbocycles. The van der Waals surface area contributed by atoms with E-state index in [9.17, 15) is 22.4 Å². The lowest BCUT2D eigenvalue weighted by atomic mass is 10.1. The number of aromatic nitrogens is 3. The van der Waals surface area contributed by atoms with Gasteiger partial charge in [-0.15, -0.1) is 0 Å². The predicted molar refractivity (Wildman–Crippen MR) is 101 cm³/mol. The first kappa shape index (κ1) is 19.6. The molecule has 0 fully saturated rings. The van der Waals surface area contributed by atoms with Gasteiger partial charge in [0.15, 0.2) is 5.76 Å². The van der Waals surface area contributed by atoms with E-state index in [1.807, 2.05) is 4.68 Å². The Morgan fingerprint density at radius 3 is 2.84 bits per heavy atom. The van der Waals surface area contributed by atoms with E-state index in [4.69, 9.17) is 4.52 Å². The third-order valence-electron chi connectivity index (χ3n) is 5.59. The van der Waals surface area contributed by atoms with Crippen LogP contribution in [0.15, 0.2) is 28.9 Å². The maximum absolute atomic E-state index is 13.5. The molecule has 0 atom stereocenters. The molecule has 3 heterocycles. The number of amides is 2. The van der Waals surface area contributed by atoms with Crippen LogP contribution >= 0.6 is 0 Å². The third kappa shape index (κ3) is 3.43. The van der Waals surface area contributed by atoms with E-state index in [1.54, 1.807) is 6.20 Å². The predicted octanol–water partition coefficient (Wildman–Crippen LogP) is 4.23. The van der Waals surface area contributed by atoms with Gasteiger partial charge in [0.1, 0.15) is 5.82 Å². The standard InChI is InChI=1S/C20H17F4N5O2/c21-14-5-4-12(8-13(14)20(22,23)24)26-19(30)28-6-7-29-16(10-28)17-15(27-29)3-1-2-11-9-25-31-18(11)17/h4-5,8-9H,1-3,6-7,10H2,(H,26,30). The van der Waals surface area contributed by atoms with Gasteiger partial charge in [-0.2, -0.15) is 18.3 Å². The summed E-state index contributed by atoms with van der Waals surface area (Å²) >= 11 is 0. The number of halogens is 4. The number of hydrogen-bond acceptors (Lipinski definition) is 4. The summed E-state index contributed by atoms with van der Waals surface area (Å²) in [5.41, 5.74) is 1.96. The second kappa shape index (κ2) is 7.10. The number of nitrogens with zero attached hydrogens (tertiary/aromatic N) is 4. The number of fused-ring (bicyclic) bond motifs is 5. The highest BCUT2D eigenvalue weighted by molar-refractivity contribution is 5.89. The number of benzene rings is 1. The van der Waals surface area contributed by atoms with Crippen molar-refractivity contribution >= 4 is 11.7 Å². The van der Waals surface area contributed by atoms with E-state index in [1.165, 1.54) is 4.90 Å². The quantitative estimate of drug-likeness (QED) is 0.581. The molecular weight excluding hydrogens is 418 g/mol. The average Bonchev–Trinajstić information content (AvgIpc) is 3.28. The number of anilines is 1. The lowest BCUT2D eigenvalue weighted by Crippen LogP contribution is -2.41. The summed E-state index contributed by atoms with van der Waals surface area (Å²) < 4.78 is 59.7. The number of aryl methyl sites for hydroxylation is 2. The van der Waals surface area contributed by atoms with Crippen LogP contribution in [0.2, 0.25) is 0 Å². The maximum atomic E-state index is 13.5. The van der Waals surface area contributed by atoms with E-state index in [2.05, 4.69) is 15.6 Å². The van der Waals surface area contributed by atoms with Crippen LogP contribution in [-0.2, 0) is 32.1 Å². The fourth-order valence-electron chi connectivity index (χ4n) is 4.10. The number of rotatable bonds is 1. The van der Waals surface area contributed by atoms with E-state index < -0.39 is 23.6 Å². The summed E-state index contributed by atoms with van der Waals surface area (Å²) in [6, 6.07) is 1.81. The van der Waals surface area contributed by atoms with Crippen molar-refractivity contribution < 1.29 is 26.9 Å². The molecular formula is C20H17F4N5O2. The molecule has 0 spiro atoms. The second-order valence-corrected chi connectivity index (χ2v) is 7.57. The molecule has 31 heavy (non-hydrogen) atoms. The molecule has 11 heteroatoms. The molecule has 2 aromatic heterocycles. The number of nitrogens with one attached hydrogen (secondary N) is 1. The Kier molecular flexibility index (Phi) is 4.49. The molecule has 0 saturated heterocycles. The smallest absolute Gasteiger partial charge is 0.356 e. The zero-order valence-corrected chi connectivity index (χ0v) is 16.2. The van der Waals surface area contributed by atoms with E-state index >= 15 is 0 Å². The van der Waals surface area contributed by atoms with Crippen LogP contribution in [-0.4, -0.2) is 32.4 Å². The van der Waals surface area contributed by atoms with Crippen molar-refractivity contribution in [2.45, 2.75) is 38.5 Å². The van der Waals surface area contributed by atoms with Crippen LogP contribution in [0.4, 0.5) is 28.0 Å². The van der Waals surface area contributed by atoms with E-state index in [0.29, 0.717) is 31.0 Å². The van der Waals surface area contributed by atoms with Gasteiger partial charge in [0.05, 0.1) is 41.8 Å². The van der Waals surface area contributed by atoms with E-state index in [0.717, 1.165) is 47.8 Å². The van der Waals surface area contributed by atoms with Crippen LogP contribution in [0.5, 0.6) is 0 Å². The minimum atomic E-state index is -4.85. The molecule has 3 aromatic rings. The summed E-state index contributed by atoms with van der Waals surface area (Å²) in [5, 5.41) is 11.0.